The molecule has 0 fully saturated rings. The van der Waals surface area contributed by atoms with Gasteiger partial charge in [-0.1, -0.05) is 39.0 Å². The summed E-state index contributed by atoms with van der Waals surface area (Å²) in [6.07, 6.45) is 5.08. The monoisotopic (exact) mass is 332 g/mol. The number of carboxylic acid groups (broad SMARTS) is 1. The topological polar surface area (TPSA) is 110 Å². The maximum Gasteiger partial charge on any atom is 0.306 e. The lowest BCUT2D eigenvalue weighted by molar-refractivity contribution is -0.154. The molecule has 0 aromatic rings. The number of esters is 2. The zero-order valence-electron chi connectivity index (χ0n) is 13.8. The van der Waals surface area contributed by atoms with Crippen LogP contribution < -0.4 is 0 Å². The largest absolute Gasteiger partial charge is 0.481 e. The highest BCUT2D eigenvalue weighted by Crippen LogP contribution is 2.07. The Morgan fingerprint density at radius 3 is 1.91 bits per heavy atom. The van der Waals surface area contributed by atoms with Crippen LogP contribution in [0.1, 0.15) is 64.7 Å². The van der Waals surface area contributed by atoms with Crippen LogP contribution in [0.5, 0.6) is 0 Å². The van der Waals surface area contributed by atoms with Gasteiger partial charge in [-0.05, 0) is 6.42 Å². The first-order valence-electron chi connectivity index (χ1n) is 8.16. The first-order chi connectivity index (χ1) is 11.0. The van der Waals surface area contributed by atoms with Gasteiger partial charge in [-0.3, -0.25) is 14.4 Å². The molecular weight excluding hydrogens is 304 g/mol. The van der Waals surface area contributed by atoms with E-state index in [4.69, 9.17) is 9.84 Å². The molecule has 0 amide bonds. The zero-order valence-corrected chi connectivity index (χ0v) is 13.8. The number of hydrogen-bond donors (Lipinski definition) is 2. The van der Waals surface area contributed by atoms with Crippen LogP contribution in [0.3, 0.4) is 0 Å². The Bertz CT molecular complexity index is 354. The molecule has 0 rings (SSSR count). The quantitative estimate of drug-likeness (QED) is 0.370. The molecule has 0 aliphatic heterocycles. The van der Waals surface area contributed by atoms with E-state index >= 15 is 0 Å². The van der Waals surface area contributed by atoms with E-state index in [1.165, 1.54) is 19.3 Å². The highest BCUT2D eigenvalue weighted by Gasteiger charge is 2.12. The van der Waals surface area contributed by atoms with Gasteiger partial charge < -0.3 is 19.7 Å². The van der Waals surface area contributed by atoms with Gasteiger partial charge in [0, 0.05) is 6.42 Å². The number of carboxylic acids is 1. The molecule has 0 radical (unpaired) electrons. The fourth-order valence-electron chi connectivity index (χ4n) is 1.83. The SMILES string of the molecule is CCCCCCCCC(=O)OCC(O)COC(=O)CCC(=O)O. The first kappa shape index (κ1) is 21.4. The molecule has 0 aromatic heterocycles. The Balaban J connectivity index is 3.56. The molecule has 0 bridgehead atoms. The molecule has 0 heterocycles. The van der Waals surface area contributed by atoms with Gasteiger partial charge in [0.15, 0.2) is 0 Å². The molecular formula is C16H28O7. The minimum absolute atomic E-state index is 0.235. The van der Waals surface area contributed by atoms with Gasteiger partial charge in [-0.2, -0.15) is 0 Å². The highest BCUT2D eigenvalue weighted by molar-refractivity contribution is 5.76. The van der Waals surface area contributed by atoms with E-state index < -0.39 is 18.0 Å². The van der Waals surface area contributed by atoms with Crippen LogP contribution in [-0.2, 0) is 23.9 Å². The zero-order chi connectivity index (χ0) is 17.5. The summed E-state index contributed by atoms with van der Waals surface area (Å²) < 4.78 is 9.57. The number of aliphatic hydroxyl groups excluding tert-OH is 1. The number of carbonyl (C=O) groups excluding carboxylic acids is 2. The summed E-state index contributed by atoms with van der Waals surface area (Å²) in [5, 5.41) is 17.9. The van der Waals surface area contributed by atoms with Crippen molar-refractivity contribution in [2.45, 2.75) is 70.8 Å². The fourth-order valence-corrected chi connectivity index (χ4v) is 1.83. The Kier molecular flexibility index (Phi) is 13.0. The van der Waals surface area contributed by atoms with Crippen molar-refractivity contribution in [3.8, 4) is 0 Å². The molecule has 2 N–H and O–H groups in total. The van der Waals surface area contributed by atoms with Crippen LogP contribution in [0, 0.1) is 0 Å². The Labute approximate surface area is 137 Å². The van der Waals surface area contributed by atoms with Gasteiger partial charge in [0.05, 0.1) is 12.8 Å². The number of unbranched alkanes of at least 4 members (excludes halogenated alkanes) is 5. The molecule has 0 spiro atoms. The summed E-state index contributed by atoms with van der Waals surface area (Å²) in [5.41, 5.74) is 0. The van der Waals surface area contributed by atoms with Crippen molar-refractivity contribution >= 4 is 17.9 Å². The van der Waals surface area contributed by atoms with Crippen molar-refractivity contribution in [3.63, 3.8) is 0 Å². The van der Waals surface area contributed by atoms with Crippen molar-refractivity contribution in [2.75, 3.05) is 13.2 Å². The van der Waals surface area contributed by atoms with Crippen LogP contribution >= 0.6 is 0 Å². The summed E-state index contributed by atoms with van der Waals surface area (Å²) >= 11 is 0. The van der Waals surface area contributed by atoms with E-state index in [1.54, 1.807) is 0 Å². The minimum Gasteiger partial charge on any atom is -0.481 e. The highest BCUT2D eigenvalue weighted by atomic mass is 16.6. The molecule has 0 aliphatic rings. The van der Waals surface area contributed by atoms with E-state index in [0.717, 1.165) is 19.3 Å². The van der Waals surface area contributed by atoms with Crippen LogP contribution in [0.4, 0.5) is 0 Å². The van der Waals surface area contributed by atoms with Gasteiger partial charge in [0.2, 0.25) is 0 Å². The molecule has 0 aromatic carbocycles. The van der Waals surface area contributed by atoms with Gasteiger partial charge in [0.1, 0.15) is 19.3 Å². The standard InChI is InChI=1S/C16H28O7/c1-2-3-4-5-6-7-8-15(20)22-11-13(17)12-23-16(21)10-9-14(18)19/h13,17H,2-12H2,1H3,(H,18,19). The lowest BCUT2D eigenvalue weighted by Crippen LogP contribution is -2.25. The van der Waals surface area contributed by atoms with Gasteiger partial charge in [-0.15, -0.1) is 0 Å². The van der Waals surface area contributed by atoms with Crippen LogP contribution in [-0.4, -0.2) is 47.4 Å². The van der Waals surface area contributed by atoms with E-state index in [2.05, 4.69) is 11.7 Å². The molecule has 7 nitrogen and oxygen atoms in total. The molecule has 0 aliphatic carbocycles. The second-order valence-corrected chi connectivity index (χ2v) is 5.43. The lowest BCUT2D eigenvalue weighted by atomic mass is 10.1. The Hall–Kier alpha value is -1.63. The third-order valence-electron chi connectivity index (χ3n) is 3.15. The maximum absolute atomic E-state index is 11.4. The smallest absolute Gasteiger partial charge is 0.306 e. The predicted octanol–water partition coefficient (Wildman–Crippen LogP) is 2.05. The van der Waals surface area contributed by atoms with Gasteiger partial charge in [0.25, 0.3) is 0 Å². The fraction of sp³-hybridized carbons (Fsp3) is 0.812. The van der Waals surface area contributed by atoms with Gasteiger partial charge in [-0.25, -0.2) is 0 Å². The molecule has 0 saturated heterocycles. The predicted molar refractivity (Wildman–Crippen MR) is 82.8 cm³/mol. The summed E-state index contributed by atoms with van der Waals surface area (Å²) in [6, 6.07) is 0. The summed E-state index contributed by atoms with van der Waals surface area (Å²) in [7, 11) is 0. The summed E-state index contributed by atoms with van der Waals surface area (Å²) in [5.74, 6) is -2.17. The second kappa shape index (κ2) is 14.0. The molecule has 7 heteroatoms. The van der Waals surface area contributed by atoms with Crippen LogP contribution in [0.15, 0.2) is 0 Å². The van der Waals surface area contributed by atoms with Crippen molar-refractivity contribution in [2.24, 2.45) is 0 Å². The molecule has 1 atom stereocenters. The van der Waals surface area contributed by atoms with E-state index in [9.17, 15) is 19.5 Å². The number of aliphatic hydroxyl groups is 1. The average Bonchev–Trinajstić information content (AvgIpc) is 2.52. The molecule has 1 unspecified atom stereocenters. The summed E-state index contributed by atoms with van der Waals surface area (Å²) in [4.78, 5) is 32.8. The normalized spacial score (nSPS) is 11.7. The first-order valence-corrected chi connectivity index (χ1v) is 8.16. The number of rotatable bonds is 14. The van der Waals surface area contributed by atoms with Crippen molar-refractivity contribution in [1.29, 1.82) is 0 Å². The Morgan fingerprint density at radius 2 is 1.35 bits per heavy atom. The third-order valence-corrected chi connectivity index (χ3v) is 3.15. The van der Waals surface area contributed by atoms with E-state index in [0.29, 0.717) is 6.42 Å². The minimum atomic E-state index is -1.10. The summed E-state index contributed by atoms with van der Waals surface area (Å²) in [6.45, 7) is 1.59. The second-order valence-electron chi connectivity index (χ2n) is 5.43. The number of carbonyl (C=O) groups is 3. The number of hydrogen-bond acceptors (Lipinski definition) is 6. The maximum atomic E-state index is 11.4. The van der Waals surface area contributed by atoms with Gasteiger partial charge >= 0.3 is 17.9 Å². The lowest BCUT2D eigenvalue weighted by Gasteiger charge is -2.11. The number of aliphatic carboxylic acids is 1. The molecule has 0 saturated carbocycles. The van der Waals surface area contributed by atoms with Crippen molar-refractivity contribution in [3.05, 3.63) is 0 Å². The van der Waals surface area contributed by atoms with Crippen molar-refractivity contribution < 1.29 is 34.1 Å². The van der Waals surface area contributed by atoms with E-state index in [1.807, 2.05) is 0 Å². The third kappa shape index (κ3) is 15.1. The molecule has 23 heavy (non-hydrogen) atoms. The number of ether oxygens (including phenoxy) is 2. The van der Waals surface area contributed by atoms with E-state index in [-0.39, 0.29) is 32.0 Å². The van der Waals surface area contributed by atoms with Crippen molar-refractivity contribution in [1.82, 2.24) is 0 Å². The van der Waals surface area contributed by atoms with Crippen LogP contribution in [0.25, 0.3) is 0 Å². The average molecular weight is 332 g/mol. The molecule has 134 valence electrons. The van der Waals surface area contributed by atoms with Crippen LogP contribution in [0.2, 0.25) is 0 Å². The Morgan fingerprint density at radius 1 is 0.826 bits per heavy atom.